The van der Waals surface area contributed by atoms with E-state index >= 15 is 0 Å². The van der Waals surface area contributed by atoms with Crippen LogP contribution in [-0.4, -0.2) is 46.1 Å². The summed E-state index contributed by atoms with van der Waals surface area (Å²) in [6.45, 7) is 7.13. The summed E-state index contributed by atoms with van der Waals surface area (Å²) >= 11 is 0. The van der Waals surface area contributed by atoms with Gasteiger partial charge in [-0.2, -0.15) is 4.98 Å². The maximum Gasteiger partial charge on any atom is 0.223 e. The Hall–Kier alpha value is -1.72. The Kier molecular flexibility index (Phi) is 4.63. The molecule has 0 N–H and O–H groups in total. The highest BCUT2D eigenvalue weighted by atomic mass is 16.5. The van der Waals surface area contributed by atoms with Crippen LogP contribution in [0.3, 0.4) is 0 Å². The minimum atomic E-state index is 0.599. The van der Waals surface area contributed by atoms with Crippen LogP contribution in [0.2, 0.25) is 0 Å². The lowest BCUT2D eigenvalue weighted by Gasteiger charge is -2.35. The molecule has 5 heteroatoms. The Morgan fingerprint density at radius 2 is 2.04 bits per heavy atom. The van der Waals surface area contributed by atoms with Crippen molar-refractivity contribution in [2.75, 3.05) is 26.2 Å². The smallest absolute Gasteiger partial charge is 0.223 e. The van der Waals surface area contributed by atoms with E-state index in [-0.39, 0.29) is 0 Å². The predicted octanol–water partition coefficient (Wildman–Crippen LogP) is 2.96. The second-order valence-electron chi connectivity index (χ2n) is 7.00. The third kappa shape index (κ3) is 3.37. The van der Waals surface area contributed by atoms with Crippen molar-refractivity contribution in [3.05, 3.63) is 47.1 Å². The molecule has 4 rings (SSSR count). The summed E-state index contributed by atoms with van der Waals surface area (Å²) in [5.74, 6) is 1.46. The molecule has 1 aliphatic heterocycles. The molecule has 2 aromatic rings. The van der Waals surface area contributed by atoms with Gasteiger partial charge >= 0.3 is 0 Å². The number of aryl methyl sites for hydroxylation is 2. The van der Waals surface area contributed by atoms with Crippen molar-refractivity contribution in [1.82, 2.24) is 19.9 Å². The quantitative estimate of drug-likeness (QED) is 0.868. The van der Waals surface area contributed by atoms with E-state index in [1.807, 2.05) is 6.92 Å². The number of hydrogen-bond donors (Lipinski definition) is 0. The number of aromatic nitrogens is 2. The zero-order valence-electron chi connectivity index (χ0n) is 14.4. The summed E-state index contributed by atoms with van der Waals surface area (Å²) < 4.78 is 5.09. The normalized spacial score (nSPS) is 23.0. The second kappa shape index (κ2) is 7.03. The monoisotopic (exact) mass is 326 g/mol. The highest BCUT2D eigenvalue weighted by Crippen LogP contribution is 2.34. The van der Waals surface area contributed by atoms with Gasteiger partial charge in [0.15, 0.2) is 5.82 Å². The molecule has 1 fully saturated rings. The summed E-state index contributed by atoms with van der Waals surface area (Å²) in [7, 11) is 0. The van der Waals surface area contributed by atoms with E-state index in [0.29, 0.717) is 11.9 Å². The van der Waals surface area contributed by atoms with Gasteiger partial charge in [0, 0.05) is 32.6 Å². The molecular formula is C19H26N4O. The van der Waals surface area contributed by atoms with Gasteiger partial charge in [-0.1, -0.05) is 29.4 Å². The second-order valence-corrected chi connectivity index (χ2v) is 7.00. The van der Waals surface area contributed by atoms with Crippen LogP contribution in [0.5, 0.6) is 0 Å². The first-order valence-electron chi connectivity index (χ1n) is 9.13. The summed E-state index contributed by atoms with van der Waals surface area (Å²) in [4.78, 5) is 9.49. The number of fused-ring (bicyclic) bond motifs is 1. The zero-order chi connectivity index (χ0) is 16.4. The lowest BCUT2D eigenvalue weighted by atomic mass is 9.87. The lowest BCUT2D eigenvalue weighted by Crippen LogP contribution is -2.35. The first-order chi connectivity index (χ1) is 11.8. The third-order valence-corrected chi connectivity index (χ3v) is 5.34. The summed E-state index contributed by atoms with van der Waals surface area (Å²) in [5.41, 5.74) is 3.11. The van der Waals surface area contributed by atoms with Gasteiger partial charge in [0.05, 0.1) is 6.54 Å². The maximum atomic E-state index is 5.09. The van der Waals surface area contributed by atoms with Gasteiger partial charge in [0.2, 0.25) is 5.89 Å². The van der Waals surface area contributed by atoms with Crippen molar-refractivity contribution in [3.63, 3.8) is 0 Å². The van der Waals surface area contributed by atoms with Crippen molar-refractivity contribution in [3.8, 4) is 0 Å². The molecule has 0 spiro atoms. The van der Waals surface area contributed by atoms with Crippen molar-refractivity contribution < 1.29 is 4.52 Å². The Morgan fingerprint density at radius 1 is 1.12 bits per heavy atom. The van der Waals surface area contributed by atoms with Gasteiger partial charge in [-0.25, -0.2) is 0 Å². The summed E-state index contributed by atoms with van der Waals surface area (Å²) in [6, 6.07) is 9.62. The Morgan fingerprint density at radius 3 is 2.92 bits per heavy atom. The molecule has 1 atom stereocenters. The van der Waals surface area contributed by atoms with Crippen LogP contribution in [-0.2, 0) is 13.0 Å². The highest BCUT2D eigenvalue weighted by molar-refractivity contribution is 5.32. The van der Waals surface area contributed by atoms with Crippen LogP contribution < -0.4 is 0 Å². The molecule has 2 heterocycles. The number of nitrogens with zero attached hydrogens (tertiary/aromatic N) is 4. The van der Waals surface area contributed by atoms with Gasteiger partial charge in [-0.3, -0.25) is 9.80 Å². The average molecular weight is 326 g/mol. The van der Waals surface area contributed by atoms with Crippen molar-refractivity contribution in [1.29, 1.82) is 0 Å². The Bertz CT molecular complexity index is 684. The topological polar surface area (TPSA) is 45.4 Å². The van der Waals surface area contributed by atoms with E-state index < -0.39 is 0 Å². The molecule has 0 radical (unpaired) electrons. The molecule has 1 aromatic carbocycles. The molecule has 24 heavy (non-hydrogen) atoms. The number of hydrogen-bond acceptors (Lipinski definition) is 5. The minimum absolute atomic E-state index is 0.599. The molecule has 128 valence electrons. The number of benzene rings is 1. The van der Waals surface area contributed by atoms with E-state index in [2.05, 4.69) is 44.2 Å². The van der Waals surface area contributed by atoms with Crippen molar-refractivity contribution in [2.24, 2.45) is 0 Å². The molecule has 0 bridgehead atoms. The molecule has 1 aliphatic carbocycles. The van der Waals surface area contributed by atoms with Gasteiger partial charge in [-0.05, 0) is 43.4 Å². The van der Waals surface area contributed by atoms with Gasteiger partial charge < -0.3 is 4.52 Å². The van der Waals surface area contributed by atoms with E-state index in [9.17, 15) is 0 Å². The summed E-state index contributed by atoms with van der Waals surface area (Å²) in [6.07, 6.45) is 5.05. The maximum absolute atomic E-state index is 5.09. The highest BCUT2D eigenvalue weighted by Gasteiger charge is 2.27. The van der Waals surface area contributed by atoms with Crippen LogP contribution >= 0.6 is 0 Å². The van der Waals surface area contributed by atoms with Crippen LogP contribution in [0.25, 0.3) is 0 Å². The molecular weight excluding hydrogens is 300 g/mol. The van der Waals surface area contributed by atoms with E-state index in [4.69, 9.17) is 4.52 Å². The molecule has 1 saturated heterocycles. The van der Waals surface area contributed by atoms with Crippen LogP contribution in [0.4, 0.5) is 0 Å². The summed E-state index contributed by atoms with van der Waals surface area (Å²) in [5, 5.41) is 4.04. The SMILES string of the molecule is Cc1nc(CN2CCCN([C@@H]3CCCc4ccccc43)CC2)no1. The molecule has 5 nitrogen and oxygen atoms in total. The predicted molar refractivity (Wildman–Crippen MR) is 92.6 cm³/mol. The molecule has 0 amide bonds. The zero-order valence-corrected chi connectivity index (χ0v) is 14.4. The minimum Gasteiger partial charge on any atom is -0.340 e. The van der Waals surface area contributed by atoms with Gasteiger partial charge in [-0.15, -0.1) is 0 Å². The Labute approximate surface area is 143 Å². The van der Waals surface area contributed by atoms with Crippen LogP contribution in [0.1, 0.15) is 48.1 Å². The fourth-order valence-corrected chi connectivity index (χ4v) is 4.17. The third-order valence-electron chi connectivity index (χ3n) is 5.34. The van der Waals surface area contributed by atoms with Gasteiger partial charge in [0.1, 0.15) is 0 Å². The van der Waals surface area contributed by atoms with E-state index in [0.717, 1.165) is 32.0 Å². The molecule has 0 saturated carbocycles. The first kappa shape index (κ1) is 15.8. The number of rotatable bonds is 3. The van der Waals surface area contributed by atoms with Crippen molar-refractivity contribution in [2.45, 2.75) is 45.2 Å². The molecule has 0 unspecified atom stereocenters. The fraction of sp³-hybridized carbons (Fsp3) is 0.579. The van der Waals surface area contributed by atoms with E-state index in [1.165, 1.54) is 32.2 Å². The molecule has 1 aromatic heterocycles. The van der Waals surface area contributed by atoms with Crippen LogP contribution in [0.15, 0.2) is 28.8 Å². The average Bonchev–Trinajstić information content (AvgIpc) is 2.88. The molecule has 2 aliphatic rings. The van der Waals surface area contributed by atoms with Crippen LogP contribution in [0, 0.1) is 6.92 Å². The standard InChI is InChI=1S/C19H26N4O/c1-15-20-19(21-24-15)14-22-10-5-11-23(13-12-22)18-9-4-7-16-6-2-3-8-17(16)18/h2-3,6,8,18H,4-5,7,9-14H2,1H3/t18-/m1/s1. The first-order valence-corrected chi connectivity index (χ1v) is 9.13. The van der Waals surface area contributed by atoms with Gasteiger partial charge in [0.25, 0.3) is 0 Å². The van der Waals surface area contributed by atoms with Crippen molar-refractivity contribution >= 4 is 0 Å². The fourth-order valence-electron chi connectivity index (χ4n) is 4.17. The van der Waals surface area contributed by atoms with E-state index in [1.54, 1.807) is 11.1 Å². The largest absolute Gasteiger partial charge is 0.340 e. The lowest BCUT2D eigenvalue weighted by molar-refractivity contribution is 0.179. The Balaban J connectivity index is 1.42.